The molecule has 6 nitrogen and oxygen atoms in total. The normalized spacial score (nSPS) is 18.3. The van der Waals surface area contributed by atoms with Crippen molar-refractivity contribution >= 4 is 51.3 Å². The molecule has 0 aliphatic carbocycles. The molecule has 2 heterocycles. The molecule has 36 heavy (non-hydrogen) atoms. The number of rotatable bonds is 6. The molecular formula is C29H26N2O4S. The van der Waals surface area contributed by atoms with Crippen molar-refractivity contribution in [2.45, 2.75) is 32.4 Å². The summed E-state index contributed by atoms with van der Waals surface area (Å²) in [7, 11) is 0. The highest BCUT2D eigenvalue weighted by molar-refractivity contribution is 7.10. The Morgan fingerprint density at radius 1 is 1.00 bits per heavy atom. The van der Waals surface area contributed by atoms with Crippen LogP contribution < -0.4 is 10.2 Å². The molecule has 1 fully saturated rings. The lowest BCUT2D eigenvalue weighted by Gasteiger charge is -2.27. The zero-order chi connectivity index (χ0) is 25.2. The van der Waals surface area contributed by atoms with Crippen molar-refractivity contribution in [3.63, 3.8) is 0 Å². The Bertz CT molecular complexity index is 1420. The van der Waals surface area contributed by atoms with E-state index >= 15 is 0 Å². The smallest absolute Gasteiger partial charge is 0.312 e. The zero-order valence-electron chi connectivity index (χ0n) is 20.0. The van der Waals surface area contributed by atoms with Crippen LogP contribution in [0.25, 0.3) is 10.8 Å². The van der Waals surface area contributed by atoms with Crippen LogP contribution in [-0.4, -0.2) is 23.9 Å². The minimum absolute atomic E-state index is 0.0221. The third-order valence-corrected chi connectivity index (χ3v) is 7.39. The number of nitrogens with one attached hydrogen (secondary N) is 1. The molecular weight excluding hydrogens is 472 g/mol. The van der Waals surface area contributed by atoms with Gasteiger partial charge in [0.1, 0.15) is 0 Å². The summed E-state index contributed by atoms with van der Waals surface area (Å²) in [6.07, 6.45) is -0.995. The second-order valence-electron chi connectivity index (χ2n) is 9.00. The van der Waals surface area contributed by atoms with Gasteiger partial charge in [-0.25, -0.2) is 0 Å². The lowest BCUT2D eigenvalue weighted by atomic mass is 9.98. The number of anilines is 2. The highest BCUT2D eigenvalue weighted by Crippen LogP contribution is 2.43. The second-order valence-corrected chi connectivity index (χ2v) is 9.98. The number of nitrogens with zero attached hydrogens (tertiary/aromatic N) is 1. The molecule has 4 aromatic rings. The van der Waals surface area contributed by atoms with Crippen LogP contribution in [0.2, 0.25) is 0 Å². The first-order chi connectivity index (χ1) is 17.4. The fourth-order valence-corrected chi connectivity index (χ4v) is 5.45. The number of hydrogen-bond donors (Lipinski definition) is 1. The quantitative estimate of drug-likeness (QED) is 0.337. The first kappa shape index (κ1) is 23.8. The Labute approximate surface area is 213 Å². The van der Waals surface area contributed by atoms with Crippen LogP contribution in [0.4, 0.5) is 11.4 Å². The number of hydrogen-bond acceptors (Lipinski definition) is 5. The predicted octanol–water partition coefficient (Wildman–Crippen LogP) is 5.87. The van der Waals surface area contributed by atoms with Gasteiger partial charge in [0.05, 0.1) is 12.0 Å². The maximum Gasteiger partial charge on any atom is 0.312 e. The Morgan fingerprint density at radius 3 is 2.47 bits per heavy atom. The first-order valence-electron chi connectivity index (χ1n) is 11.8. The molecule has 5 rings (SSSR count). The Morgan fingerprint density at radius 2 is 1.75 bits per heavy atom. The van der Waals surface area contributed by atoms with Crippen molar-refractivity contribution in [1.82, 2.24) is 0 Å². The van der Waals surface area contributed by atoms with E-state index < -0.39 is 29.9 Å². The third-order valence-electron chi connectivity index (χ3n) is 6.45. The van der Waals surface area contributed by atoms with E-state index in [1.807, 2.05) is 91.2 Å². The number of benzene rings is 3. The van der Waals surface area contributed by atoms with Crippen molar-refractivity contribution < 1.29 is 19.1 Å². The second kappa shape index (κ2) is 9.95. The molecule has 3 aromatic carbocycles. The highest BCUT2D eigenvalue weighted by atomic mass is 32.1. The summed E-state index contributed by atoms with van der Waals surface area (Å²) in [5.41, 5.74) is 2.45. The molecule has 182 valence electrons. The van der Waals surface area contributed by atoms with Crippen LogP contribution in [0.15, 0.2) is 84.2 Å². The van der Waals surface area contributed by atoms with Crippen molar-refractivity contribution in [2.75, 3.05) is 10.2 Å². The largest absolute Gasteiger partial charge is 0.452 e. The number of amides is 2. The molecule has 2 amide bonds. The summed E-state index contributed by atoms with van der Waals surface area (Å²) < 4.78 is 5.61. The van der Waals surface area contributed by atoms with Crippen LogP contribution in [0.3, 0.4) is 0 Å². The van der Waals surface area contributed by atoms with Gasteiger partial charge in [-0.2, -0.15) is 0 Å². The Kier molecular flexibility index (Phi) is 6.57. The summed E-state index contributed by atoms with van der Waals surface area (Å²) in [4.78, 5) is 41.8. The first-order valence-corrected chi connectivity index (χ1v) is 12.7. The van der Waals surface area contributed by atoms with Gasteiger partial charge in [-0.3, -0.25) is 14.4 Å². The van der Waals surface area contributed by atoms with E-state index in [2.05, 4.69) is 5.32 Å². The average Bonchev–Trinajstić information content (AvgIpc) is 3.52. The van der Waals surface area contributed by atoms with Crippen LogP contribution in [-0.2, 0) is 19.1 Å². The number of thiophene rings is 1. The summed E-state index contributed by atoms with van der Waals surface area (Å²) in [6.45, 7) is 3.53. The number of fused-ring (bicyclic) bond motifs is 1. The van der Waals surface area contributed by atoms with E-state index in [1.165, 1.54) is 11.3 Å². The molecule has 7 heteroatoms. The Balaban J connectivity index is 1.32. The standard InChI is InChI=1S/C29H26N2O4S/c1-18-9-13-23(14-10-18)31-26(32)17-24(27(31)25-8-5-15-36-25)29(34)35-19(2)28(33)30-22-12-11-20-6-3-4-7-21(20)16-22/h3-16,19,24,27H,17H2,1-2H3,(H,30,33)/t19-,24-,27+/m0/s1. The minimum Gasteiger partial charge on any atom is -0.452 e. The topological polar surface area (TPSA) is 75.7 Å². The lowest BCUT2D eigenvalue weighted by molar-refractivity contribution is -0.157. The van der Waals surface area contributed by atoms with Gasteiger partial charge in [-0.1, -0.05) is 54.1 Å². The zero-order valence-corrected chi connectivity index (χ0v) is 20.8. The number of carbonyl (C=O) groups excluding carboxylic acids is 3. The molecule has 3 atom stereocenters. The molecule has 0 unspecified atom stereocenters. The van der Waals surface area contributed by atoms with Gasteiger partial charge in [-0.15, -0.1) is 11.3 Å². The van der Waals surface area contributed by atoms with Gasteiger partial charge in [0, 0.05) is 22.7 Å². The van der Waals surface area contributed by atoms with Gasteiger partial charge >= 0.3 is 5.97 Å². The fraction of sp³-hybridized carbons (Fsp3) is 0.207. The maximum absolute atomic E-state index is 13.3. The van der Waals surface area contributed by atoms with Gasteiger partial charge in [0.2, 0.25) is 5.91 Å². The van der Waals surface area contributed by atoms with Crippen molar-refractivity contribution in [3.05, 3.63) is 94.7 Å². The van der Waals surface area contributed by atoms with E-state index in [4.69, 9.17) is 4.74 Å². The van der Waals surface area contributed by atoms with Gasteiger partial charge in [-0.05, 0) is 60.3 Å². The summed E-state index contributed by atoms with van der Waals surface area (Å²) in [5, 5.41) is 6.82. The van der Waals surface area contributed by atoms with E-state index in [1.54, 1.807) is 11.8 Å². The number of aryl methyl sites for hydroxylation is 1. The third kappa shape index (κ3) is 4.75. The Hall–Kier alpha value is -3.97. The molecule has 1 aliphatic heterocycles. The molecule has 0 saturated carbocycles. The average molecular weight is 499 g/mol. The van der Waals surface area contributed by atoms with E-state index in [0.717, 1.165) is 26.9 Å². The van der Waals surface area contributed by atoms with Crippen LogP contribution in [0.1, 0.15) is 29.8 Å². The molecule has 1 aromatic heterocycles. The van der Waals surface area contributed by atoms with E-state index in [-0.39, 0.29) is 12.3 Å². The highest BCUT2D eigenvalue weighted by Gasteiger charge is 2.47. The van der Waals surface area contributed by atoms with Crippen LogP contribution >= 0.6 is 11.3 Å². The molecule has 0 spiro atoms. The van der Waals surface area contributed by atoms with Gasteiger partial charge < -0.3 is 15.0 Å². The van der Waals surface area contributed by atoms with Crippen molar-refractivity contribution in [3.8, 4) is 0 Å². The summed E-state index contributed by atoms with van der Waals surface area (Å²) >= 11 is 1.49. The minimum atomic E-state index is -1.02. The van der Waals surface area contributed by atoms with Crippen molar-refractivity contribution in [2.24, 2.45) is 5.92 Å². The van der Waals surface area contributed by atoms with E-state index in [0.29, 0.717) is 5.69 Å². The number of carbonyl (C=O) groups is 3. The molecule has 1 N–H and O–H groups in total. The molecule has 0 bridgehead atoms. The summed E-state index contributed by atoms with van der Waals surface area (Å²) in [6, 6.07) is 24.5. The molecule has 0 radical (unpaired) electrons. The lowest BCUT2D eigenvalue weighted by Crippen LogP contribution is -2.34. The molecule has 1 aliphatic rings. The van der Waals surface area contributed by atoms with Gasteiger partial charge in [0.15, 0.2) is 6.10 Å². The van der Waals surface area contributed by atoms with Gasteiger partial charge in [0.25, 0.3) is 5.91 Å². The van der Waals surface area contributed by atoms with E-state index in [9.17, 15) is 14.4 Å². The number of esters is 1. The SMILES string of the molecule is Cc1ccc(N2C(=O)C[C@H](C(=O)O[C@@H](C)C(=O)Nc3ccc4ccccc4c3)[C@@H]2c2cccs2)cc1. The molecule has 1 saturated heterocycles. The fourth-order valence-electron chi connectivity index (χ4n) is 4.57. The summed E-state index contributed by atoms with van der Waals surface area (Å²) in [5.74, 6) is -1.84. The van der Waals surface area contributed by atoms with Crippen LogP contribution in [0, 0.1) is 12.8 Å². The van der Waals surface area contributed by atoms with Crippen molar-refractivity contribution in [1.29, 1.82) is 0 Å². The predicted molar refractivity (Wildman–Crippen MR) is 142 cm³/mol. The number of ether oxygens (including phenoxy) is 1. The monoisotopic (exact) mass is 498 g/mol. The maximum atomic E-state index is 13.3. The van der Waals surface area contributed by atoms with Crippen LogP contribution in [0.5, 0.6) is 0 Å².